The molecule has 4 aliphatic carbocycles. The van der Waals surface area contributed by atoms with Gasteiger partial charge >= 0.3 is 0 Å². The smallest absolute Gasteiger partial charge is 0.0236 e. The zero-order valence-corrected chi connectivity index (χ0v) is 10.4. The lowest BCUT2D eigenvalue weighted by molar-refractivity contribution is 0.912. The van der Waals surface area contributed by atoms with Gasteiger partial charge in [0.2, 0.25) is 0 Å². The molecule has 0 amide bonds. The van der Waals surface area contributed by atoms with E-state index in [1.165, 1.54) is 27.8 Å². The van der Waals surface area contributed by atoms with Gasteiger partial charge in [-0.2, -0.15) is 0 Å². The Hall–Kier alpha value is -1.56. The molecule has 0 N–H and O–H groups in total. The first kappa shape index (κ1) is 10.6. The second-order valence-corrected chi connectivity index (χ2v) is 5.08. The molecule has 0 nitrogen and oxygen atoms in total. The highest BCUT2D eigenvalue weighted by molar-refractivity contribution is 5.34. The summed E-state index contributed by atoms with van der Waals surface area (Å²) < 4.78 is 0. The summed E-state index contributed by atoms with van der Waals surface area (Å²) in [7, 11) is 0. The van der Waals surface area contributed by atoms with Gasteiger partial charge in [0.1, 0.15) is 0 Å². The molecule has 0 aromatic heterocycles. The van der Waals surface area contributed by atoms with Crippen molar-refractivity contribution in [2.24, 2.45) is 0 Å². The van der Waals surface area contributed by atoms with Crippen molar-refractivity contribution in [3.63, 3.8) is 0 Å². The summed E-state index contributed by atoms with van der Waals surface area (Å²) in [6, 6.07) is 16.1. The lowest BCUT2D eigenvalue weighted by atomic mass is 9.94. The fourth-order valence-corrected chi connectivity index (χ4v) is 2.63. The molecule has 0 aliphatic heterocycles. The Balaban J connectivity index is 2.00. The third kappa shape index (κ3) is 2.26. The predicted octanol–water partition coefficient (Wildman–Crippen LogP) is 3.88. The minimum absolute atomic E-state index is 1.15. The second-order valence-electron chi connectivity index (χ2n) is 5.08. The molecule has 0 unspecified atom stereocenters. The first-order valence-electron chi connectivity index (χ1n) is 6.47. The van der Waals surface area contributed by atoms with Crippen LogP contribution in [0, 0.1) is 6.92 Å². The Labute approximate surface area is 103 Å². The van der Waals surface area contributed by atoms with Crippen LogP contribution in [0.5, 0.6) is 0 Å². The van der Waals surface area contributed by atoms with Crippen molar-refractivity contribution in [2.45, 2.75) is 32.6 Å². The standard InChI is InChI=1S/C17H18/c1-13-12-16-7-6-14-2-4-15(5-3-14)8-10-17(13)11-9-16/h2-5,9,11-12H,6-8,10H2,1H3. The number of hydrogen-bond donors (Lipinski definition) is 0. The Bertz CT molecular complexity index is 520. The van der Waals surface area contributed by atoms with E-state index in [-0.39, 0.29) is 0 Å². The fraction of sp³-hybridized carbons (Fsp3) is 0.294. The van der Waals surface area contributed by atoms with Crippen molar-refractivity contribution < 1.29 is 0 Å². The van der Waals surface area contributed by atoms with Crippen LogP contribution in [-0.2, 0) is 25.7 Å². The molecule has 0 heterocycles. The summed E-state index contributed by atoms with van der Waals surface area (Å²) in [5.74, 6) is 0. The normalized spacial score (nSPS) is 14.4. The molecule has 4 aliphatic rings. The SMILES string of the molecule is Cc1cc2ccc1CCc1ccc(cc1)CC2. The third-order valence-electron chi connectivity index (χ3n) is 3.82. The van der Waals surface area contributed by atoms with Crippen molar-refractivity contribution in [3.8, 4) is 0 Å². The summed E-state index contributed by atoms with van der Waals surface area (Å²) in [4.78, 5) is 0. The maximum atomic E-state index is 2.36. The number of benzene rings is 2. The van der Waals surface area contributed by atoms with Crippen molar-refractivity contribution in [1.29, 1.82) is 0 Å². The molecule has 0 heteroatoms. The molecule has 2 aromatic carbocycles. The largest absolute Gasteiger partial charge is 0.0588 e. The fourth-order valence-electron chi connectivity index (χ4n) is 2.63. The average Bonchev–Trinajstić information content (AvgIpc) is 2.34. The Kier molecular flexibility index (Phi) is 2.72. The molecule has 2 aromatic rings. The van der Waals surface area contributed by atoms with E-state index < -0.39 is 0 Å². The Morgan fingerprint density at radius 3 is 1.82 bits per heavy atom. The van der Waals surface area contributed by atoms with Gasteiger partial charge in [-0.3, -0.25) is 0 Å². The Morgan fingerprint density at radius 1 is 0.647 bits per heavy atom. The van der Waals surface area contributed by atoms with Crippen LogP contribution in [0.25, 0.3) is 0 Å². The topological polar surface area (TPSA) is 0 Å². The van der Waals surface area contributed by atoms with Crippen molar-refractivity contribution in [2.75, 3.05) is 0 Å². The van der Waals surface area contributed by atoms with Gasteiger partial charge in [0.25, 0.3) is 0 Å². The van der Waals surface area contributed by atoms with Gasteiger partial charge in [-0.15, -0.1) is 0 Å². The summed E-state index contributed by atoms with van der Waals surface area (Å²) in [6.45, 7) is 2.24. The molecular formula is C17H18. The molecule has 0 saturated carbocycles. The van der Waals surface area contributed by atoms with E-state index in [1.807, 2.05) is 0 Å². The molecule has 4 bridgehead atoms. The lowest BCUT2D eigenvalue weighted by Gasteiger charge is -2.11. The van der Waals surface area contributed by atoms with Crippen LogP contribution < -0.4 is 0 Å². The van der Waals surface area contributed by atoms with Crippen LogP contribution in [-0.4, -0.2) is 0 Å². The zero-order chi connectivity index (χ0) is 11.7. The van der Waals surface area contributed by atoms with Gasteiger partial charge in [0, 0.05) is 0 Å². The van der Waals surface area contributed by atoms with E-state index in [0.29, 0.717) is 0 Å². The summed E-state index contributed by atoms with van der Waals surface area (Å²) in [5.41, 5.74) is 7.33. The van der Waals surface area contributed by atoms with Crippen LogP contribution in [0.1, 0.15) is 27.8 Å². The number of aryl methyl sites for hydroxylation is 5. The average molecular weight is 222 g/mol. The van der Waals surface area contributed by atoms with Crippen molar-refractivity contribution in [3.05, 3.63) is 70.3 Å². The highest BCUT2D eigenvalue weighted by Crippen LogP contribution is 2.18. The minimum atomic E-state index is 1.15. The van der Waals surface area contributed by atoms with Gasteiger partial charge in [-0.1, -0.05) is 42.5 Å². The zero-order valence-electron chi connectivity index (χ0n) is 10.4. The van der Waals surface area contributed by atoms with E-state index in [0.717, 1.165) is 25.7 Å². The highest BCUT2D eigenvalue weighted by Gasteiger charge is 2.04. The van der Waals surface area contributed by atoms with Crippen LogP contribution in [0.15, 0.2) is 42.5 Å². The molecule has 0 radical (unpaired) electrons. The van der Waals surface area contributed by atoms with Crippen LogP contribution in [0.2, 0.25) is 0 Å². The quantitative estimate of drug-likeness (QED) is 0.634. The first-order chi connectivity index (χ1) is 8.31. The van der Waals surface area contributed by atoms with Crippen molar-refractivity contribution >= 4 is 0 Å². The third-order valence-corrected chi connectivity index (χ3v) is 3.82. The van der Waals surface area contributed by atoms with Crippen molar-refractivity contribution in [1.82, 2.24) is 0 Å². The van der Waals surface area contributed by atoms with E-state index in [2.05, 4.69) is 49.4 Å². The molecule has 6 rings (SSSR count). The van der Waals surface area contributed by atoms with Gasteiger partial charge in [0.15, 0.2) is 0 Å². The number of hydrogen-bond acceptors (Lipinski definition) is 0. The van der Waals surface area contributed by atoms with E-state index in [1.54, 1.807) is 0 Å². The second kappa shape index (κ2) is 4.37. The van der Waals surface area contributed by atoms with E-state index >= 15 is 0 Å². The maximum Gasteiger partial charge on any atom is -0.0236 e. The minimum Gasteiger partial charge on any atom is -0.0588 e. The molecule has 0 spiro atoms. The predicted molar refractivity (Wildman–Crippen MR) is 72.4 cm³/mol. The highest BCUT2D eigenvalue weighted by atomic mass is 14.1. The monoisotopic (exact) mass is 222 g/mol. The van der Waals surface area contributed by atoms with E-state index in [9.17, 15) is 0 Å². The molecule has 86 valence electrons. The lowest BCUT2D eigenvalue weighted by Crippen LogP contribution is -1.99. The van der Waals surface area contributed by atoms with Gasteiger partial charge in [-0.25, -0.2) is 0 Å². The van der Waals surface area contributed by atoms with Gasteiger partial charge in [-0.05, 0) is 60.4 Å². The maximum absolute atomic E-state index is 2.36. The molecule has 17 heavy (non-hydrogen) atoms. The van der Waals surface area contributed by atoms with Gasteiger partial charge < -0.3 is 0 Å². The molecule has 0 saturated heterocycles. The summed E-state index contributed by atoms with van der Waals surface area (Å²) >= 11 is 0. The summed E-state index contributed by atoms with van der Waals surface area (Å²) in [5, 5.41) is 0. The molecule has 0 atom stereocenters. The van der Waals surface area contributed by atoms with Crippen LogP contribution in [0.3, 0.4) is 0 Å². The van der Waals surface area contributed by atoms with Gasteiger partial charge in [0.05, 0.1) is 0 Å². The van der Waals surface area contributed by atoms with E-state index in [4.69, 9.17) is 0 Å². The molecular weight excluding hydrogens is 204 g/mol. The molecule has 0 fully saturated rings. The Morgan fingerprint density at radius 2 is 1.18 bits per heavy atom. The number of rotatable bonds is 0. The summed E-state index contributed by atoms with van der Waals surface area (Å²) in [6.07, 6.45) is 4.62. The first-order valence-corrected chi connectivity index (χ1v) is 6.47. The van der Waals surface area contributed by atoms with Crippen LogP contribution in [0.4, 0.5) is 0 Å². The van der Waals surface area contributed by atoms with Crippen LogP contribution >= 0.6 is 0 Å².